The van der Waals surface area contributed by atoms with Crippen molar-refractivity contribution >= 4 is 36.0 Å². The quantitative estimate of drug-likeness (QED) is 0.0319. The number of hydrogen-bond donors (Lipinski definition) is 6. The number of hydrogen-bond acceptors (Lipinski definition) is 15. The first-order chi connectivity index (χ1) is 36.7. The molecule has 6 N–H and O–H groups in total. The van der Waals surface area contributed by atoms with Gasteiger partial charge in [-0.05, 0) is 68.1 Å². The topological polar surface area (TPSA) is 258 Å². The van der Waals surface area contributed by atoms with Gasteiger partial charge in [-0.15, -0.1) is 0 Å². The monoisotopic (exact) mass is 1050 g/mol. The van der Waals surface area contributed by atoms with Gasteiger partial charge in [0.25, 0.3) is 0 Å². The second-order valence-electron chi connectivity index (χ2n) is 16.9. The Kier molecular flexibility index (Phi) is 36.0. The number of benzene rings is 3. The van der Waals surface area contributed by atoms with E-state index >= 15 is 0 Å². The SMILES string of the molecule is COCCOCCOCCC(=O)NCCCOCCOCCOCCCNC(=O)[C@H](CCCCNC(=O)OCc1ccccc1)NC(=O)[C@H](CCCCNC(=O)OCc1ccccc1)NC(=O)OCc1ccccc1. The van der Waals surface area contributed by atoms with E-state index in [1.807, 2.05) is 91.0 Å². The molecule has 0 aromatic heterocycles. The van der Waals surface area contributed by atoms with Crippen molar-refractivity contribution in [3.8, 4) is 0 Å². The molecule has 75 heavy (non-hydrogen) atoms. The Balaban J connectivity index is 1.40. The minimum atomic E-state index is -1.07. The smallest absolute Gasteiger partial charge is 0.408 e. The molecule has 3 aromatic carbocycles. The van der Waals surface area contributed by atoms with E-state index in [2.05, 4.69) is 31.9 Å². The van der Waals surface area contributed by atoms with Crippen LogP contribution in [0.3, 0.4) is 0 Å². The predicted octanol–water partition coefficient (Wildman–Crippen LogP) is 5.09. The molecule has 0 spiro atoms. The molecule has 3 aromatic rings. The van der Waals surface area contributed by atoms with E-state index in [1.165, 1.54) is 0 Å². The first-order valence-corrected chi connectivity index (χ1v) is 25.8. The highest BCUT2D eigenvalue weighted by Crippen LogP contribution is 2.09. The summed E-state index contributed by atoms with van der Waals surface area (Å²) in [6.07, 6.45) is 1.71. The van der Waals surface area contributed by atoms with Gasteiger partial charge in [-0.3, -0.25) is 14.4 Å². The van der Waals surface area contributed by atoms with E-state index in [-0.39, 0.29) is 64.6 Å². The molecule has 21 heteroatoms. The largest absolute Gasteiger partial charge is 0.445 e. The van der Waals surface area contributed by atoms with Crippen molar-refractivity contribution in [2.45, 2.75) is 89.7 Å². The molecule has 0 heterocycles. The van der Waals surface area contributed by atoms with Gasteiger partial charge in [-0.2, -0.15) is 0 Å². The van der Waals surface area contributed by atoms with Gasteiger partial charge in [0.1, 0.15) is 31.9 Å². The molecule has 6 amide bonds. The maximum atomic E-state index is 13.9. The fourth-order valence-corrected chi connectivity index (χ4v) is 6.76. The lowest BCUT2D eigenvalue weighted by Gasteiger charge is -2.23. The predicted molar refractivity (Wildman–Crippen MR) is 278 cm³/mol. The number of rotatable bonds is 43. The molecule has 416 valence electrons. The zero-order chi connectivity index (χ0) is 53.7. The fourth-order valence-electron chi connectivity index (χ4n) is 6.76. The van der Waals surface area contributed by atoms with Crippen LogP contribution in [-0.2, 0) is 76.8 Å². The van der Waals surface area contributed by atoms with Crippen molar-refractivity contribution in [3.05, 3.63) is 108 Å². The summed E-state index contributed by atoms with van der Waals surface area (Å²) < 4.78 is 48.4. The average Bonchev–Trinajstić information content (AvgIpc) is 3.42. The van der Waals surface area contributed by atoms with Crippen molar-refractivity contribution in [2.24, 2.45) is 0 Å². The summed E-state index contributed by atoms with van der Waals surface area (Å²) in [6.45, 7) is 6.09. The third-order valence-corrected chi connectivity index (χ3v) is 10.8. The van der Waals surface area contributed by atoms with Gasteiger partial charge in [0.2, 0.25) is 17.7 Å². The first-order valence-electron chi connectivity index (χ1n) is 25.8. The summed E-state index contributed by atoms with van der Waals surface area (Å²) in [5, 5.41) is 16.6. The number of carbonyl (C=O) groups excluding carboxylic acids is 6. The van der Waals surface area contributed by atoms with E-state index in [0.29, 0.717) is 118 Å². The summed E-state index contributed by atoms with van der Waals surface area (Å²) in [7, 11) is 1.61. The summed E-state index contributed by atoms with van der Waals surface area (Å²) >= 11 is 0. The number of methoxy groups -OCH3 is 1. The molecule has 2 atom stereocenters. The highest BCUT2D eigenvalue weighted by atomic mass is 16.6. The van der Waals surface area contributed by atoms with E-state index in [9.17, 15) is 28.8 Å². The number of amides is 6. The van der Waals surface area contributed by atoms with Gasteiger partial charge in [0.05, 0.1) is 59.5 Å². The number of unbranched alkanes of at least 4 members (excludes halogenated alkanes) is 2. The van der Waals surface area contributed by atoms with E-state index in [1.54, 1.807) is 7.11 Å². The minimum Gasteiger partial charge on any atom is -0.445 e. The molecule has 0 saturated heterocycles. The maximum Gasteiger partial charge on any atom is 0.408 e. The summed E-state index contributed by atoms with van der Waals surface area (Å²) in [4.78, 5) is 77.1. The maximum absolute atomic E-state index is 13.9. The van der Waals surface area contributed by atoms with Crippen LogP contribution in [0.15, 0.2) is 91.0 Å². The Morgan fingerprint density at radius 1 is 0.387 bits per heavy atom. The lowest BCUT2D eigenvalue weighted by molar-refractivity contribution is -0.130. The van der Waals surface area contributed by atoms with Crippen LogP contribution in [0.1, 0.15) is 74.5 Å². The highest BCUT2D eigenvalue weighted by Gasteiger charge is 2.27. The number of ether oxygens (including phenoxy) is 9. The molecule has 21 nitrogen and oxygen atoms in total. The molecule has 0 bridgehead atoms. The Morgan fingerprint density at radius 3 is 1.24 bits per heavy atom. The van der Waals surface area contributed by atoms with Crippen LogP contribution in [0.4, 0.5) is 14.4 Å². The lowest BCUT2D eigenvalue weighted by Crippen LogP contribution is -2.54. The lowest BCUT2D eigenvalue weighted by atomic mass is 10.1. The van der Waals surface area contributed by atoms with Gasteiger partial charge in [0, 0.05) is 52.9 Å². The third kappa shape index (κ3) is 34.0. The molecule has 0 saturated carbocycles. The van der Waals surface area contributed by atoms with E-state index in [0.717, 1.165) is 16.7 Å². The van der Waals surface area contributed by atoms with Gasteiger partial charge in [0.15, 0.2) is 0 Å². The Bertz CT molecular complexity index is 1970. The first kappa shape index (κ1) is 62.9. The molecule has 0 aliphatic rings. The van der Waals surface area contributed by atoms with Crippen LogP contribution in [0.2, 0.25) is 0 Å². The van der Waals surface area contributed by atoms with Crippen LogP contribution in [-0.4, -0.2) is 154 Å². The normalized spacial score (nSPS) is 11.6. The molecule has 0 unspecified atom stereocenters. The van der Waals surface area contributed by atoms with Crippen LogP contribution in [0.5, 0.6) is 0 Å². The Morgan fingerprint density at radius 2 is 0.773 bits per heavy atom. The number of nitrogens with one attached hydrogen (secondary N) is 6. The van der Waals surface area contributed by atoms with Crippen molar-refractivity contribution in [1.82, 2.24) is 31.9 Å². The average molecular weight is 1050 g/mol. The van der Waals surface area contributed by atoms with E-state index in [4.69, 9.17) is 42.6 Å². The van der Waals surface area contributed by atoms with Gasteiger partial charge >= 0.3 is 18.3 Å². The van der Waals surface area contributed by atoms with E-state index < -0.39 is 42.2 Å². The zero-order valence-electron chi connectivity index (χ0n) is 43.5. The number of alkyl carbamates (subject to hydrolysis) is 3. The second kappa shape index (κ2) is 42.9. The molecular formula is C54H80N6O15. The van der Waals surface area contributed by atoms with Gasteiger partial charge in [-0.25, -0.2) is 14.4 Å². The standard InChI is InChI=1S/C54H80N6O15/c1-67-33-34-71-40-37-70-32-25-49(61)55-28-15-30-68-35-38-72-39-36-69-31-16-29-56-50(62)47(23-11-13-26-57-52(64)73-41-44-17-5-2-6-18-44)59-51(63)48(60-54(66)75-43-46-21-9-4-10-22-46)24-12-14-27-58-53(65)74-42-45-19-7-3-8-20-45/h2-10,17-22,47-48H,11-16,23-43H2,1H3,(H,55,61)(H,56,62)(H,57,64)(H,58,65)(H,59,63)(H,60,66)/t47-,48-/m0/s1. The van der Waals surface area contributed by atoms with Crippen molar-refractivity contribution in [3.63, 3.8) is 0 Å². The Labute approximate surface area is 441 Å². The van der Waals surface area contributed by atoms with Crippen molar-refractivity contribution in [1.29, 1.82) is 0 Å². The molecule has 3 rings (SSSR count). The Hall–Kier alpha value is -6.36. The molecule has 0 radical (unpaired) electrons. The molecule has 0 fully saturated rings. The summed E-state index contributed by atoms with van der Waals surface area (Å²) in [5.41, 5.74) is 2.47. The molecule has 0 aliphatic heterocycles. The second-order valence-corrected chi connectivity index (χ2v) is 16.9. The third-order valence-electron chi connectivity index (χ3n) is 10.8. The minimum absolute atomic E-state index is 0.0163. The molecular weight excluding hydrogens is 973 g/mol. The van der Waals surface area contributed by atoms with Gasteiger partial charge < -0.3 is 74.5 Å². The van der Waals surface area contributed by atoms with Crippen LogP contribution >= 0.6 is 0 Å². The van der Waals surface area contributed by atoms with Crippen molar-refractivity contribution in [2.75, 3.05) is 106 Å². The highest BCUT2D eigenvalue weighted by molar-refractivity contribution is 5.91. The fraction of sp³-hybridized carbons (Fsp3) is 0.556. The van der Waals surface area contributed by atoms with Crippen LogP contribution in [0, 0.1) is 0 Å². The summed E-state index contributed by atoms with van der Waals surface area (Å²) in [5.74, 6) is -1.09. The summed E-state index contributed by atoms with van der Waals surface area (Å²) in [6, 6.07) is 25.6. The van der Waals surface area contributed by atoms with Crippen LogP contribution in [0.25, 0.3) is 0 Å². The number of carbonyl (C=O) groups is 6. The van der Waals surface area contributed by atoms with Crippen molar-refractivity contribution < 1.29 is 71.4 Å². The van der Waals surface area contributed by atoms with Gasteiger partial charge in [-0.1, -0.05) is 91.0 Å². The molecule has 0 aliphatic carbocycles. The zero-order valence-corrected chi connectivity index (χ0v) is 43.5. The van der Waals surface area contributed by atoms with Crippen LogP contribution < -0.4 is 31.9 Å².